The number of rotatable bonds is 8. The second-order valence-corrected chi connectivity index (χ2v) is 6.39. The molecule has 0 bridgehead atoms. The molecule has 6 heteroatoms. The maximum atomic E-state index is 11.2. The Kier molecular flexibility index (Phi) is 6.34. The number of amides is 1. The van der Waals surface area contributed by atoms with Gasteiger partial charge in [-0.1, -0.05) is 6.07 Å². The maximum absolute atomic E-state index is 11.2. The van der Waals surface area contributed by atoms with Crippen molar-refractivity contribution in [1.29, 1.82) is 0 Å². The predicted molar refractivity (Wildman–Crippen MR) is 110 cm³/mol. The summed E-state index contributed by atoms with van der Waals surface area (Å²) < 4.78 is 12.8. The van der Waals surface area contributed by atoms with Crippen molar-refractivity contribution < 1.29 is 14.3 Å². The molecule has 3 rings (SSSR count). The van der Waals surface area contributed by atoms with Gasteiger partial charge < -0.3 is 24.7 Å². The van der Waals surface area contributed by atoms with Gasteiger partial charge in [-0.25, -0.2) is 0 Å². The van der Waals surface area contributed by atoms with Gasteiger partial charge in [0, 0.05) is 43.3 Å². The van der Waals surface area contributed by atoms with Crippen molar-refractivity contribution >= 4 is 11.6 Å². The SMILES string of the molecule is COc1ccc(CNCc2cccn2-c2ccc(NC(C)=O)cc2)cc1OC. The minimum Gasteiger partial charge on any atom is -0.493 e. The van der Waals surface area contributed by atoms with E-state index >= 15 is 0 Å². The highest BCUT2D eigenvalue weighted by Crippen LogP contribution is 2.27. The summed E-state index contributed by atoms with van der Waals surface area (Å²) in [4.78, 5) is 11.2. The fourth-order valence-corrected chi connectivity index (χ4v) is 3.05. The number of benzene rings is 2. The van der Waals surface area contributed by atoms with Gasteiger partial charge in [-0.05, 0) is 54.1 Å². The molecule has 0 radical (unpaired) electrons. The molecule has 0 unspecified atom stereocenters. The summed E-state index contributed by atoms with van der Waals surface area (Å²) in [7, 11) is 3.27. The van der Waals surface area contributed by atoms with E-state index < -0.39 is 0 Å². The van der Waals surface area contributed by atoms with Gasteiger partial charge in [0.1, 0.15) is 0 Å². The molecule has 0 fully saturated rings. The number of hydrogen-bond donors (Lipinski definition) is 2. The second kappa shape index (κ2) is 9.10. The highest BCUT2D eigenvalue weighted by molar-refractivity contribution is 5.88. The van der Waals surface area contributed by atoms with E-state index in [1.165, 1.54) is 6.92 Å². The standard InChI is InChI=1S/C22H25N3O3/c1-16(26)24-18-7-9-19(10-8-18)25-12-4-5-20(25)15-23-14-17-6-11-21(27-2)22(13-17)28-3/h4-13,23H,14-15H2,1-3H3,(H,24,26). The van der Waals surface area contributed by atoms with Crippen LogP contribution in [0.3, 0.4) is 0 Å². The topological polar surface area (TPSA) is 64.5 Å². The lowest BCUT2D eigenvalue weighted by Crippen LogP contribution is -2.15. The average Bonchev–Trinajstić information content (AvgIpc) is 3.16. The van der Waals surface area contributed by atoms with E-state index in [4.69, 9.17) is 9.47 Å². The summed E-state index contributed by atoms with van der Waals surface area (Å²) in [6, 6.07) is 17.8. The zero-order chi connectivity index (χ0) is 19.9. The molecular weight excluding hydrogens is 354 g/mol. The third-order valence-corrected chi connectivity index (χ3v) is 4.38. The molecule has 1 heterocycles. The third kappa shape index (κ3) is 4.72. The van der Waals surface area contributed by atoms with Crippen LogP contribution in [0.5, 0.6) is 11.5 Å². The Morgan fingerprint density at radius 2 is 1.71 bits per heavy atom. The fraction of sp³-hybridized carbons (Fsp3) is 0.227. The lowest BCUT2D eigenvalue weighted by molar-refractivity contribution is -0.114. The summed E-state index contributed by atoms with van der Waals surface area (Å²) in [5, 5.41) is 6.25. The van der Waals surface area contributed by atoms with Crippen molar-refractivity contribution in [3.63, 3.8) is 0 Å². The molecule has 2 aromatic carbocycles. The smallest absolute Gasteiger partial charge is 0.221 e. The Morgan fingerprint density at radius 3 is 2.39 bits per heavy atom. The summed E-state index contributed by atoms with van der Waals surface area (Å²) in [6.45, 7) is 2.93. The van der Waals surface area contributed by atoms with Gasteiger partial charge in [0.2, 0.25) is 5.91 Å². The molecule has 3 aromatic rings. The Labute approximate surface area is 165 Å². The van der Waals surface area contributed by atoms with Crippen LogP contribution in [0.4, 0.5) is 5.69 Å². The van der Waals surface area contributed by atoms with Gasteiger partial charge in [-0.2, -0.15) is 0 Å². The minimum atomic E-state index is -0.0752. The van der Waals surface area contributed by atoms with Crippen LogP contribution in [-0.4, -0.2) is 24.7 Å². The quantitative estimate of drug-likeness (QED) is 0.626. The first-order valence-electron chi connectivity index (χ1n) is 9.06. The summed E-state index contributed by atoms with van der Waals surface area (Å²) in [5.74, 6) is 1.38. The summed E-state index contributed by atoms with van der Waals surface area (Å²) >= 11 is 0. The number of carbonyl (C=O) groups excluding carboxylic acids is 1. The highest BCUT2D eigenvalue weighted by atomic mass is 16.5. The van der Waals surface area contributed by atoms with Gasteiger partial charge >= 0.3 is 0 Å². The van der Waals surface area contributed by atoms with Gasteiger partial charge in [0.05, 0.1) is 14.2 Å². The van der Waals surface area contributed by atoms with Crippen molar-refractivity contribution in [1.82, 2.24) is 9.88 Å². The summed E-state index contributed by atoms with van der Waals surface area (Å²) in [5.41, 5.74) is 4.10. The number of aromatic nitrogens is 1. The number of nitrogens with one attached hydrogen (secondary N) is 2. The first-order chi connectivity index (χ1) is 13.6. The molecule has 0 atom stereocenters. The molecule has 146 valence electrons. The van der Waals surface area contributed by atoms with Gasteiger partial charge in [0.15, 0.2) is 11.5 Å². The van der Waals surface area contributed by atoms with Gasteiger partial charge in [0.25, 0.3) is 0 Å². The van der Waals surface area contributed by atoms with E-state index in [0.29, 0.717) is 6.54 Å². The van der Waals surface area contributed by atoms with Crippen LogP contribution in [0.2, 0.25) is 0 Å². The summed E-state index contributed by atoms with van der Waals surface area (Å²) in [6.07, 6.45) is 2.03. The number of hydrogen-bond acceptors (Lipinski definition) is 4. The molecule has 2 N–H and O–H groups in total. The molecule has 6 nitrogen and oxygen atoms in total. The molecule has 0 saturated heterocycles. The van der Waals surface area contributed by atoms with Crippen LogP contribution in [0.25, 0.3) is 5.69 Å². The Hall–Kier alpha value is -3.25. The lowest BCUT2D eigenvalue weighted by atomic mass is 10.2. The first-order valence-corrected chi connectivity index (χ1v) is 9.06. The number of nitrogens with zero attached hydrogens (tertiary/aromatic N) is 1. The molecular formula is C22H25N3O3. The van der Waals surface area contributed by atoms with E-state index in [1.54, 1.807) is 14.2 Å². The van der Waals surface area contributed by atoms with Crippen LogP contribution in [0.15, 0.2) is 60.8 Å². The fourth-order valence-electron chi connectivity index (χ4n) is 3.05. The van der Waals surface area contributed by atoms with E-state index in [9.17, 15) is 4.79 Å². The number of methoxy groups -OCH3 is 2. The van der Waals surface area contributed by atoms with E-state index in [1.807, 2.05) is 54.7 Å². The highest BCUT2D eigenvalue weighted by Gasteiger charge is 2.06. The monoisotopic (exact) mass is 379 g/mol. The minimum absolute atomic E-state index is 0.0752. The average molecular weight is 379 g/mol. The molecule has 0 spiro atoms. The molecule has 1 aromatic heterocycles. The molecule has 0 aliphatic heterocycles. The molecule has 0 saturated carbocycles. The molecule has 0 aliphatic carbocycles. The second-order valence-electron chi connectivity index (χ2n) is 6.39. The predicted octanol–water partition coefficient (Wildman–Crippen LogP) is 3.74. The Balaban J connectivity index is 1.64. The third-order valence-electron chi connectivity index (χ3n) is 4.38. The first kappa shape index (κ1) is 19.5. The van der Waals surface area contributed by atoms with Crippen LogP contribution in [0, 0.1) is 0 Å². The normalized spacial score (nSPS) is 10.5. The van der Waals surface area contributed by atoms with Crippen LogP contribution >= 0.6 is 0 Å². The Morgan fingerprint density at radius 1 is 0.964 bits per heavy atom. The van der Waals surface area contributed by atoms with Crippen molar-refractivity contribution in [2.24, 2.45) is 0 Å². The van der Waals surface area contributed by atoms with Crippen LogP contribution < -0.4 is 20.1 Å². The molecule has 0 aliphatic rings. The molecule has 1 amide bonds. The maximum Gasteiger partial charge on any atom is 0.221 e. The Bertz CT molecular complexity index is 932. The molecule has 28 heavy (non-hydrogen) atoms. The van der Waals surface area contributed by atoms with Crippen molar-refractivity contribution in [3.05, 3.63) is 72.1 Å². The zero-order valence-electron chi connectivity index (χ0n) is 16.4. The van der Waals surface area contributed by atoms with Gasteiger partial charge in [-0.3, -0.25) is 4.79 Å². The van der Waals surface area contributed by atoms with E-state index in [2.05, 4.69) is 21.3 Å². The largest absolute Gasteiger partial charge is 0.493 e. The number of ether oxygens (including phenoxy) is 2. The number of anilines is 1. The van der Waals surface area contributed by atoms with Crippen LogP contribution in [-0.2, 0) is 17.9 Å². The van der Waals surface area contributed by atoms with Crippen molar-refractivity contribution in [2.75, 3.05) is 19.5 Å². The van der Waals surface area contributed by atoms with Gasteiger partial charge in [-0.15, -0.1) is 0 Å². The van der Waals surface area contributed by atoms with Crippen molar-refractivity contribution in [2.45, 2.75) is 20.0 Å². The number of carbonyl (C=O) groups is 1. The van der Waals surface area contributed by atoms with E-state index in [-0.39, 0.29) is 5.91 Å². The zero-order valence-corrected chi connectivity index (χ0v) is 16.4. The van der Waals surface area contributed by atoms with E-state index in [0.717, 1.165) is 40.7 Å². The van der Waals surface area contributed by atoms with Crippen LogP contribution in [0.1, 0.15) is 18.2 Å². The lowest BCUT2D eigenvalue weighted by Gasteiger charge is -2.12. The van der Waals surface area contributed by atoms with Crippen molar-refractivity contribution in [3.8, 4) is 17.2 Å².